The highest BCUT2D eigenvalue weighted by atomic mass is 16.5. The molecular weight excluding hydrogens is 230 g/mol. The Morgan fingerprint density at radius 3 is 2.56 bits per heavy atom. The van der Waals surface area contributed by atoms with E-state index < -0.39 is 0 Å². The van der Waals surface area contributed by atoms with Crippen molar-refractivity contribution in [2.45, 2.75) is 0 Å². The SMILES string of the molecule is Cn1ccc(C(=O)COc2ccc(C=O)cc2)c1. The van der Waals surface area contributed by atoms with Crippen LogP contribution < -0.4 is 4.74 Å². The average molecular weight is 243 g/mol. The van der Waals surface area contributed by atoms with Crippen molar-refractivity contribution in [3.63, 3.8) is 0 Å². The lowest BCUT2D eigenvalue weighted by Gasteiger charge is -2.04. The molecule has 0 aliphatic heterocycles. The van der Waals surface area contributed by atoms with Crippen molar-refractivity contribution in [2.75, 3.05) is 6.61 Å². The fourth-order valence-corrected chi connectivity index (χ4v) is 1.54. The Balaban J connectivity index is 1.94. The molecule has 1 heterocycles. The topological polar surface area (TPSA) is 48.3 Å². The summed E-state index contributed by atoms with van der Waals surface area (Å²) in [6.07, 6.45) is 4.33. The third-order valence-electron chi connectivity index (χ3n) is 2.54. The summed E-state index contributed by atoms with van der Waals surface area (Å²) in [7, 11) is 1.86. The van der Waals surface area contributed by atoms with Crippen LogP contribution in [0.5, 0.6) is 5.75 Å². The summed E-state index contributed by atoms with van der Waals surface area (Å²) < 4.78 is 7.17. The fourth-order valence-electron chi connectivity index (χ4n) is 1.54. The van der Waals surface area contributed by atoms with E-state index in [1.807, 2.05) is 17.8 Å². The van der Waals surface area contributed by atoms with Crippen LogP contribution in [0.3, 0.4) is 0 Å². The van der Waals surface area contributed by atoms with Crippen LogP contribution in [0.4, 0.5) is 0 Å². The molecule has 0 amide bonds. The summed E-state index contributed by atoms with van der Waals surface area (Å²) in [5, 5.41) is 0. The highest BCUT2D eigenvalue weighted by molar-refractivity contribution is 5.97. The molecule has 1 aromatic carbocycles. The Hall–Kier alpha value is -2.36. The minimum atomic E-state index is -0.0740. The van der Waals surface area contributed by atoms with Gasteiger partial charge in [0, 0.05) is 30.6 Å². The van der Waals surface area contributed by atoms with Crippen LogP contribution in [0, 0.1) is 0 Å². The van der Waals surface area contributed by atoms with Gasteiger partial charge < -0.3 is 9.30 Å². The largest absolute Gasteiger partial charge is 0.485 e. The van der Waals surface area contributed by atoms with Gasteiger partial charge in [-0.05, 0) is 30.3 Å². The van der Waals surface area contributed by atoms with E-state index in [9.17, 15) is 9.59 Å². The molecule has 2 aromatic rings. The smallest absolute Gasteiger partial charge is 0.201 e. The van der Waals surface area contributed by atoms with Gasteiger partial charge in [0.2, 0.25) is 5.78 Å². The predicted molar refractivity (Wildman–Crippen MR) is 67.1 cm³/mol. The van der Waals surface area contributed by atoms with Gasteiger partial charge in [-0.3, -0.25) is 9.59 Å². The number of carbonyl (C=O) groups is 2. The van der Waals surface area contributed by atoms with Crippen molar-refractivity contribution < 1.29 is 14.3 Å². The van der Waals surface area contributed by atoms with Crippen LogP contribution in [0.25, 0.3) is 0 Å². The van der Waals surface area contributed by atoms with Gasteiger partial charge in [0.05, 0.1) is 0 Å². The highest BCUT2D eigenvalue weighted by Gasteiger charge is 2.07. The minimum absolute atomic E-state index is 0.00947. The normalized spacial score (nSPS) is 10.1. The second-order valence-corrected chi connectivity index (χ2v) is 3.96. The molecule has 0 aliphatic rings. The second kappa shape index (κ2) is 5.31. The zero-order valence-electron chi connectivity index (χ0n) is 10.00. The summed E-state index contributed by atoms with van der Waals surface area (Å²) >= 11 is 0. The average Bonchev–Trinajstić information content (AvgIpc) is 2.83. The summed E-state index contributed by atoms with van der Waals surface area (Å²) in [6, 6.07) is 8.38. The van der Waals surface area contributed by atoms with Gasteiger partial charge in [0.15, 0.2) is 6.61 Å². The zero-order chi connectivity index (χ0) is 13.0. The van der Waals surface area contributed by atoms with Gasteiger partial charge in [-0.25, -0.2) is 0 Å². The molecule has 0 radical (unpaired) electrons. The van der Waals surface area contributed by atoms with Gasteiger partial charge >= 0.3 is 0 Å². The molecule has 0 spiro atoms. The summed E-state index contributed by atoms with van der Waals surface area (Å²) in [4.78, 5) is 22.2. The van der Waals surface area contributed by atoms with Gasteiger partial charge in [0.25, 0.3) is 0 Å². The van der Waals surface area contributed by atoms with Crippen LogP contribution >= 0.6 is 0 Å². The van der Waals surface area contributed by atoms with E-state index in [0.29, 0.717) is 16.9 Å². The number of aromatic nitrogens is 1. The molecule has 0 aliphatic carbocycles. The number of Topliss-reactive ketones (excluding diaryl/α,β-unsaturated/α-hetero) is 1. The molecule has 2 rings (SSSR count). The maximum Gasteiger partial charge on any atom is 0.201 e. The van der Waals surface area contributed by atoms with Crippen molar-refractivity contribution in [1.82, 2.24) is 4.57 Å². The minimum Gasteiger partial charge on any atom is -0.485 e. The maximum atomic E-state index is 11.8. The quantitative estimate of drug-likeness (QED) is 0.597. The number of ether oxygens (including phenoxy) is 1. The molecule has 0 bridgehead atoms. The van der Waals surface area contributed by atoms with Crippen LogP contribution in [0.15, 0.2) is 42.7 Å². The van der Waals surface area contributed by atoms with E-state index in [-0.39, 0.29) is 12.4 Å². The second-order valence-electron chi connectivity index (χ2n) is 3.96. The van der Waals surface area contributed by atoms with Crippen molar-refractivity contribution in [1.29, 1.82) is 0 Å². The Labute approximate surface area is 105 Å². The van der Waals surface area contributed by atoms with Crippen molar-refractivity contribution in [2.24, 2.45) is 7.05 Å². The van der Waals surface area contributed by atoms with Gasteiger partial charge in [-0.1, -0.05) is 0 Å². The summed E-state index contributed by atoms with van der Waals surface area (Å²) in [5.41, 5.74) is 1.21. The van der Waals surface area contributed by atoms with Crippen molar-refractivity contribution in [3.8, 4) is 5.75 Å². The van der Waals surface area contributed by atoms with E-state index in [1.54, 1.807) is 36.5 Å². The number of nitrogens with zero attached hydrogens (tertiary/aromatic N) is 1. The Morgan fingerprint density at radius 1 is 1.28 bits per heavy atom. The van der Waals surface area contributed by atoms with Crippen molar-refractivity contribution in [3.05, 3.63) is 53.9 Å². The standard InChI is InChI=1S/C14H13NO3/c1-15-7-6-12(8-15)14(17)10-18-13-4-2-11(9-16)3-5-13/h2-9H,10H2,1H3. The number of carbonyl (C=O) groups excluding carboxylic acids is 2. The van der Waals surface area contributed by atoms with Crippen LogP contribution in [0.2, 0.25) is 0 Å². The monoisotopic (exact) mass is 243 g/mol. The molecule has 92 valence electrons. The third kappa shape index (κ3) is 2.85. The van der Waals surface area contributed by atoms with Crippen LogP contribution in [-0.2, 0) is 7.05 Å². The molecule has 18 heavy (non-hydrogen) atoms. The molecule has 0 atom stereocenters. The molecule has 4 heteroatoms. The number of hydrogen-bond acceptors (Lipinski definition) is 3. The number of aldehydes is 1. The number of hydrogen-bond donors (Lipinski definition) is 0. The lowest BCUT2D eigenvalue weighted by molar-refractivity contribution is 0.0921. The van der Waals surface area contributed by atoms with Crippen molar-refractivity contribution >= 4 is 12.1 Å². The van der Waals surface area contributed by atoms with E-state index >= 15 is 0 Å². The molecule has 4 nitrogen and oxygen atoms in total. The molecule has 0 saturated heterocycles. The van der Waals surface area contributed by atoms with Crippen LogP contribution in [0.1, 0.15) is 20.7 Å². The number of ketones is 1. The first-order valence-electron chi connectivity index (χ1n) is 5.52. The van der Waals surface area contributed by atoms with E-state index in [0.717, 1.165) is 6.29 Å². The molecular formula is C14H13NO3. The van der Waals surface area contributed by atoms with Gasteiger partial charge in [-0.15, -0.1) is 0 Å². The Kier molecular flexibility index (Phi) is 3.57. The van der Waals surface area contributed by atoms with Crippen LogP contribution in [-0.4, -0.2) is 23.2 Å². The van der Waals surface area contributed by atoms with Gasteiger partial charge in [-0.2, -0.15) is 0 Å². The lowest BCUT2D eigenvalue weighted by Crippen LogP contribution is -2.10. The predicted octanol–water partition coefficient (Wildman–Crippen LogP) is 2.10. The van der Waals surface area contributed by atoms with E-state index in [2.05, 4.69) is 0 Å². The highest BCUT2D eigenvalue weighted by Crippen LogP contribution is 2.11. The van der Waals surface area contributed by atoms with Gasteiger partial charge in [0.1, 0.15) is 12.0 Å². The first-order valence-corrected chi connectivity index (χ1v) is 5.52. The number of rotatable bonds is 5. The maximum absolute atomic E-state index is 11.8. The first-order chi connectivity index (χ1) is 8.69. The molecule has 0 N–H and O–H groups in total. The third-order valence-corrected chi connectivity index (χ3v) is 2.54. The zero-order valence-corrected chi connectivity index (χ0v) is 10.00. The number of aryl methyl sites for hydroxylation is 1. The van der Waals surface area contributed by atoms with E-state index in [4.69, 9.17) is 4.74 Å². The molecule has 1 aromatic heterocycles. The lowest BCUT2D eigenvalue weighted by atomic mass is 10.2. The molecule has 0 saturated carbocycles. The first kappa shape index (κ1) is 12.1. The molecule has 0 unspecified atom stereocenters. The van der Waals surface area contributed by atoms with E-state index in [1.165, 1.54) is 0 Å². The summed E-state index contributed by atoms with van der Waals surface area (Å²) in [5.74, 6) is 0.500. The Morgan fingerprint density at radius 2 is 2.00 bits per heavy atom. The fraction of sp³-hybridized carbons (Fsp3) is 0.143. The molecule has 0 fully saturated rings. The summed E-state index contributed by atoms with van der Waals surface area (Å²) in [6.45, 7) is -0.00947. The Bertz CT molecular complexity index is 555. The number of benzene rings is 1.